The van der Waals surface area contributed by atoms with E-state index in [4.69, 9.17) is 9.47 Å². The van der Waals surface area contributed by atoms with Gasteiger partial charge in [-0.15, -0.1) is 0 Å². The summed E-state index contributed by atoms with van der Waals surface area (Å²) in [5.74, 6) is 0.799. The summed E-state index contributed by atoms with van der Waals surface area (Å²) in [6.45, 7) is 8.69. The van der Waals surface area contributed by atoms with E-state index in [1.165, 1.54) is 0 Å². The lowest BCUT2D eigenvalue weighted by molar-refractivity contribution is 0.0508. The van der Waals surface area contributed by atoms with Crippen LogP contribution in [0.1, 0.15) is 33.3 Å². The van der Waals surface area contributed by atoms with Gasteiger partial charge in [0.25, 0.3) is 0 Å². The normalized spacial score (nSPS) is 12.7. The fourth-order valence-corrected chi connectivity index (χ4v) is 3.43. The van der Waals surface area contributed by atoms with Crippen molar-refractivity contribution < 1.29 is 14.3 Å². The molecule has 0 aromatic heterocycles. The molecular formula is C16H24Br2N2O3. The lowest BCUT2D eigenvalue weighted by Crippen LogP contribution is -2.42. The van der Waals surface area contributed by atoms with Gasteiger partial charge in [0.15, 0.2) is 0 Å². The topological polar surface area (TPSA) is 59.6 Å². The average Bonchev–Trinajstić information content (AvgIpc) is 2.35. The van der Waals surface area contributed by atoms with E-state index in [1.54, 1.807) is 7.11 Å². The Morgan fingerprint density at radius 1 is 1.30 bits per heavy atom. The summed E-state index contributed by atoms with van der Waals surface area (Å²) in [5, 5.41) is 6.11. The summed E-state index contributed by atoms with van der Waals surface area (Å²) in [7, 11) is 1.64. The number of alkyl carbamates (subject to hydrolysis) is 1. The highest BCUT2D eigenvalue weighted by molar-refractivity contribution is 9.11. The van der Waals surface area contributed by atoms with Crippen LogP contribution < -0.4 is 15.4 Å². The van der Waals surface area contributed by atoms with Gasteiger partial charge in [-0.05, 0) is 55.8 Å². The third kappa shape index (κ3) is 7.54. The quantitative estimate of drug-likeness (QED) is 0.679. The highest BCUT2D eigenvalue weighted by Crippen LogP contribution is 2.32. The molecule has 0 saturated heterocycles. The van der Waals surface area contributed by atoms with Crippen LogP contribution in [-0.4, -0.2) is 31.4 Å². The minimum atomic E-state index is -0.493. The molecule has 1 aromatic carbocycles. The lowest BCUT2D eigenvalue weighted by Gasteiger charge is -2.22. The summed E-state index contributed by atoms with van der Waals surface area (Å²) >= 11 is 6.95. The molecule has 5 nitrogen and oxygen atoms in total. The van der Waals surface area contributed by atoms with Gasteiger partial charge in [-0.1, -0.05) is 15.9 Å². The molecule has 1 aromatic rings. The van der Waals surface area contributed by atoms with Crippen LogP contribution in [0.5, 0.6) is 5.75 Å². The first kappa shape index (κ1) is 20.3. The number of hydrogen-bond acceptors (Lipinski definition) is 4. The van der Waals surface area contributed by atoms with Crippen LogP contribution in [0.3, 0.4) is 0 Å². The number of methoxy groups -OCH3 is 1. The number of halogens is 2. The number of amides is 1. The van der Waals surface area contributed by atoms with Gasteiger partial charge < -0.3 is 20.1 Å². The minimum Gasteiger partial charge on any atom is -0.495 e. The number of hydrogen-bond donors (Lipinski definition) is 2. The van der Waals surface area contributed by atoms with Crippen molar-refractivity contribution in [2.75, 3.05) is 13.7 Å². The van der Waals surface area contributed by atoms with Gasteiger partial charge in [0.2, 0.25) is 0 Å². The van der Waals surface area contributed by atoms with E-state index in [1.807, 2.05) is 39.8 Å². The smallest absolute Gasteiger partial charge is 0.407 e. The highest BCUT2D eigenvalue weighted by Gasteiger charge is 2.17. The molecule has 0 radical (unpaired) electrons. The predicted molar refractivity (Wildman–Crippen MR) is 98.9 cm³/mol. The van der Waals surface area contributed by atoms with Crippen molar-refractivity contribution in [1.82, 2.24) is 10.6 Å². The van der Waals surface area contributed by atoms with Crippen molar-refractivity contribution in [3.8, 4) is 5.75 Å². The average molecular weight is 452 g/mol. The SMILES string of the molecule is COc1c(Br)cc(Br)cc1CNCC(C)NC(=O)OC(C)(C)C. The largest absolute Gasteiger partial charge is 0.495 e. The summed E-state index contributed by atoms with van der Waals surface area (Å²) < 4.78 is 12.5. The lowest BCUT2D eigenvalue weighted by atomic mass is 10.2. The van der Waals surface area contributed by atoms with E-state index in [-0.39, 0.29) is 6.04 Å². The molecule has 0 spiro atoms. The van der Waals surface area contributed by atoms with Gasteiger partial charge in [0.1, 0.15) is 11.4 Å². The van der Waals surface area contributed by atoms with Crippen LogP contribution in [-0.2, 0) is 11.3 Å². The van der Waals surface area contributed by atoms with Gasteiger partial charge >= 0.3 is 6.09 Å². The van der Waals surface area contributed by atoms with E-state index < -0.39 is 11.7 Å². The van der Waals surface area contributed by atoms with E-state index >= 15 is 0 Å². The van der Waals surface area contributed by atoms with Crippen LogP contribution >= 0.6 is 31.9 Å². The molecule has 0 aliphatic rings. The molecular weight excluding hydrogens is 428 g/mol. The Balaban J connectivity index is 2.49. The third-order valence-electron chi connectivity index (χ3n) is 2.82. The zero-order valence-corrected chi connectivity index (χ0v) is 17.3. The molecule has 130 valence electrons. The second-order valence-corrected chi connectivity index (χ2v) is 8.03. The predicted octanol–water partition coefficient (Wildman–Crippen LogP) is 4.22. The van der Waals surface area contributed by atoms with Crippen LogP contribution in [0.4, 0.5) is 4.79 Å². The van der Waals surface area contributed by atoms with Crippen molar-refractivity contribution in [2.45, 2.75) is 45.9 Å². The zero-order valence-electron chi connectivity index (χ0n) is 14.1. The highest BCUT2D eigenvalue weighted by atomic mass is 79.9. The molecule has 0 heterocycles. The summed E-state index contributed by atoms with van der Waals surface area (Å²) in [6, 6.07) is 3.89. The maximum Gasteiger partial charge on any atom is 0.407 e. The molecule has 1 rings (SSSR count). The van der Waals surface area contributed by atoms with Crippen LogP contribution in [0.2, 0.25) is 0 Å². The second kappa shape index (κ2) is 8.89. The summed E-state index contributed by atoms with van der Waals surface area (Å²) in [5.41, 5.74) is 0.533. The van der Waals surface area contributed by atoms with Crippen molar-refractivity contribution >= 4 is 38.0 Å². The van der Waals surface area contributed by atoms with Gasteiger partial charge in [0.05, 0.1) is 11.6 Å². The number of ether oxygens (including phenoxy) is 2. The molecule has 1 amide bonds. The van der Waals surface area contributed by atoms with Gasteiger partial charge in [-0.2, -0.15) is 0 Å². The van der Waals surface area contributed by atoms with Crippen molar-refractivity contribution in [3.63, 3.8) is 0 Å². The first-order chi connectivity index (χ1) is 10.6. The fourth-order valence-electron chi connectivity index (χ4n) is 1.96. The molecule has 0 aliphatic heterocycles. The Morgan fingerprint density at radius 2 is 1.96 bits per heavy atom. The number of carbonyl (C=O) groups excluding carboxylic acids is 1. The summed E-state index contributed by atoms with van der Waals surface area (Å²) in [4.78, 5) is 11.7. The monoisotopic (exact) mass is 450 g/mol. The van der Waals surface area contributed by atoms with Gasteiger partial charge in [-0.3, -0.25) is 0 Å². The first-order valence-electron chi connectivity index (χ1n) is 7.34. The van der Waals surface area contributed by atoms with Crippen molar-refractivity contribution in [1.29, 1.82) is 0 Å². The maximum atomic E-state index is 11.7. The second-order valence-electron chi connectivity index (χ2n) is 6.26. The fraction of sp³-hybridized carbons (Fsp3) is 0.562. The molecule has 7 heteroatoms. The number of nitrogens with one attached hydrogen (secondary N) is 2. The number of benzene rings is 1. The molecule has 23 heavy (non-hydrogen) atoms. The number of rotatable bonds is 6. The van der Waals surface area contributed by atoms with Crippen LogP contribution in [0.25, 0.3) is 0 Å². The Labute approximate surface area is 154 Å². The van der Waals surface area contributed by atoms with Crippen molar-refractivity contribution in [2.24, 2.45) is 0 Å². The molecule has 0 fully saturated rings. The Morgan fingerprint density at radius 3 is 2.52 bits per heavy atom. The maximum absolute atomic E-state index is 11.7. The van der Waals surface area contributed by atoms with Gasteiger partial charge in [0, 0.05) is 29.2 Å². The van der Waals surface area contributed by atoms with E-state index in [0.717, 1.165) is 20.3 Å². The van der Waals surface area contributed by atoms with Crippen LogP contribution in [0.15, 0.2) is 21.1 Å². The van der Waals surface area contributed by atoms with Crippen LogP contribution in [0, 0.1) is 0 Å². The first-order valence-corrected chi connectivity index (χ1v) is 8.93. The van der Waals surface area contributed by atoms with E-state index in [0.29, 0.717) is 13.1 Å². The number of carbonyl (C=O) groups is 1. The van der Waals surface area contributed by atoms with E-state index in [2.05, 4.69) is 42.5 Å². The Kier molecular flexibility index (Phi) is 7.83. The van der Waals surface area contributed by atoms with E-state index in [9.17, 15) is 4.79 Å². The molecule has 1 atom stereocenters. The summed E-state index contributed by atoms with van der Waals surface area (Å²) in [6.07, 6.45) is -0.408. The van der Waals surface area contributed by atoms with Crippen molar-refractivity contribution in [3.05, 3.63) is 26.6 Å². The molecule has 2 N–H and O–H groups in total. The van der Waals surface area contributed by atoms with Gasteiger partial charge in [-0.25, -0.2) is 4.79 Å². The Bertz CT molecular complexity index is 545. The molecule has 0 bridgehead atoms. The molecule has 0 saturated carbocycles. The third-order valence-corrected chi connectivity index (χ3v) is 3.87. The zero-order chi connectivity index (χ0) is 17.6. The molecule has 0 aliphatic carbocycles. The molecule has 1 unspecified atom stereocenters. The standard InChI is InChI=1S/C16H24Br2N2O3/c1-10(20-15(21)23-16(2,3)4)8-19-9-11-6-12(17)7-13(18)14(11)22-5/h6-7,10,19H,8-9H2,1-5H3,(H,20,21). The Hall–Kier alpha value is -0.790. The minimum absolute atomic E-state index is 0.0496.